The van der Waals surface area contributed by atoms with Gasteiger partial charge in [0.15, 0.2) is 0 Å². The molecular formula is C21H21NO2. The second-order valence-corrected chi connectivity index (χ2v) is 6.38. The Bertz CT molecular complexity index is 796. The fourth-order valence-corrected chi connectivity index (χ4v) is 3.88. The van der Waals surface area contributed by atoms with Crippen LogP contribution in [0.25, 0.3) is 0 Å². The van der Waals surface area contributed by atoms with E-state index in [2.05, 4.69) is 36.2 Å². The van der Waals surface area contributed by atoms with Crippen LogP contribution in [-0.2, 0) is 0 Å². The molecule has 0 radical (unpaired) electrons. The highest BCUT2D eigenvalue weighted by Gasteiger charge is 2.38. The van der Waals surface area contributed by atoms with Crippen LogP contribution in [0.1, 0.15) is 29.5 Å². The number of rotatable bonds is 4. The molecule has 0 aromatic heterocycles. The molecule has 1 aliphatic carbocycles. The van der Waals surface area contributed by atoms with Gasteiger partial charge in [-0.25, -0.2) is 0 Å². The summed E-state index contributed by atoms with van der Waals surface area (Å²) >= 11 is 0. The van der Waals surface area contributed by atoms with Crippen LogP contribution in [0.15, 0.2) is 67.3 Å². The average molecular weight is 319 g/mol. The van der Waals surface area contributed by atoms with Gasteiger partial charge in [-0.3, -0.25) is 0 Å². The van der Waals surface area contributed by atoms with Crippen molar-refractivity contribution in [1.82, 2.24) is 0 Å². The molecule has 0 bridgehead atoms. The summed E-state index contributed by atoms with van der Waals surface area (Å²) in [7, 11) is 0. The molecule has 24 heavy (non-hydrogen) atoms. The number of allylic oxidation sites excluding steroid dienone is 2. The van der Waals surface area contributed by atoms with Crippen molar-refractivity contribution >= 4 is 5.69 Å². The number of para-hydroxylation sites is 1. The predicted molar refractivity (Wildman–Crippen MR) is 96.6 cm³/mol. The van der Waals surface area contributed by atoms with E-state index in [4.69, 9.17) is 4.74 Å². The van der Waals surface area contributed by atoms with Crippen molar-refractivity contribution in [2.45, 2.75) is 18.4 Å². The van der Waals surface area contributed by atoms with E-state index < -0.39 is 0 Å². The number of hydrogen-bond donors (Lipinski definition) is 2. The van der Waals surface area contributed by atoms with E-state index in [1.54, 1.807) is 12.1 Å². The molecule has 122 valence electrons. The molecule has 0 saturated heterocycles. The van der Waals surface area contributed by atoms with E-state index in [1.165, 1.54) is 5.56 Å². The quantitative estimate of drug-likeness (QED) is 0.797. The Hall–Kier alpha value is -2.68. The van der Waals surface area contributed by atoms with Crippen molar-refractivity contribution in [3.63, 3.8) is 0 Å². The average Bonchev–Trinajstić information content (AvgIpc) is 3.10. The normalized spacial score (nSPS) is 23.9. The van der Waals surface area contributed by atoms with E-state index in [1.807, 2.05) is 24.3 Å². The lowest BCUT2D eigenvalue weighted by Gasteiger charge is -2.37. The van der Waals surface area contributed by atoms with Crippen LogP contribution >= 0.6 is 0 Å². The monoisotopic (exact) mass is 319 g/mol. The van der Waals surface area contributed by atoms with E-state index in [9.17, 15) is 5.11 Å². The Morgan fingerprint density at radius 2 is 2.08 bits per heavy atom. The largest absolute Gasteiger partial charge is 0.508 e. The van der Waals surface area contributed by atoms with Crippen molar-refractivity contribution in [3.8, 4) is 11.5 Å². The van der Waals surface area contributed by atoms with Crippen LogP contribution in [0.4, 0.5) is 5.69 Å². The minimum absolute atomic E-state index is 0.110. The third-order valence-electron chi connectivity index (χ3n) is 4.97. The molecule has 1 aliphatic heterocycles. The number of hydrogen-bond acceptors (Lipinski definition) is 3. The highest BCUT2D eigenvalue weighted by atomic mass is 16.5. The maximum atomic E-state index is 10.3. The first-order chi connectivity index (χ1) is 11.8. The summed E-state index contributed by atoms with van der Waals surface area (Å²) in [5, 5.41) is 13.9. The number of fused-ring (bicyclic) bond motifs is 3. The van der Waals surface area contributed by atoms with Gasteiger partial charge < -0.3 is 15.2 Å². The van der Waals surface area contributed by atoms with Gasteiger partial charge in [0.2, 0.25) is 0 Å². The second-order valence-electron chi connectivity index (χ2n) is 6.38. The van der Waals surface area contributed by atoms with Crippen molar-refractivity contribution in [3.05, 3.63) is 78.4 Å². The van der Waals surface area contributed by atoms with Gasteiger partial charge in [0.1, 0.15) is 18.1 Å². The van der Waals surface area contributed by atoms with Crippen LogP contribution in [0.3, 0.4) is 0 Å². The van der Waals surface area contributed by atoms with Crippen LogP contribution < -0.4 is 10.1 Å². The minimum atomic E-state index is 0.110. The minimum Gasteiger partial charge on any atom is -0.508 e. The smallest absolute Gasteiger partial charge is 0.120 e. The standard InChI is InChI=1S/C21H21NO2/c1-2-12-24-14-10-11-19-18(13-14)15-7-5-8-16(15)21(22-19)17-6-3-4-9-20(17)23/h2-7,9-11,13,15-16,21-23H,1,8,12H2. The summed E-state index contributed by atoms with van der Waals surface area (Å²) in [6.45, 7) is 4.21. The van der Waals surface area contributed by atoms with Crippen molar-refractivity contribution < 1.29 is 9.84 Å². The lowest BCUT2D eigenvalue weighted by molar-refractivity contribution is 0.360. The molecular weight excluding hydrogens is 298 g/mol. The SMILES string of the molecule is C=CCOc1ccc2c(c1)C1C=CCC1C(c1ccccc1O)N2. The van der Waals surface area contributed by atoms with Gasteiger partial charge >= 0.3 is 0 Å². The van der Waals surface area contributed by atoms with E-state index in [-0.39, 0.29) is 6.04 Å². The van der Waals surface area contributed by atoms with Crippen molar-refractivity contribution in [1.29, 1.82) is 0 Å². The molecule has 1 heterocycles. The Morgan fingerprint density at radius 3 is 2.92 bits per heavy atom. The first-order valence-electron chi connectivity index (χ1n) is 8.36. The Labute approximate surface area is 142 Å². The Morgan fingerprint density at radius 1 is 1.21 bits per heavy atom. The molecule has 2 aliphatic rings. The summed E-state index contributed by atoms with van der Waals surface area (Å²) in [5.41, 5.74) is 3.35. The Balaban J connectivity index is 1.72. The Kier molecular flexibility index (Phi) is 3.77. The van der Waals surface area contributed by atoms with E-state index in [0.717, 1.165) is 23.4 Å². The predicted octanol–water partition coefficient (Wildman–Crippen LogP) is 4.78. The first-order valence-corrected chi connectivity index (χ1v) is 8.36. The molecule has 3 unspecified atom stereocenters. The highest BCUT2D eigenvalue weighted by molar-refractivity contribution is 5.62. The fourth-order valence-electron chi connectivity index (χ4n) is 3.88. The van der Waals surface area contributed by atoms with Crippen LogP contribution in [0, 0.1) is 5.92 Å². The number of anilines is 1. The van der Waals surface area contributed by atoms with Gasteiger partial charge in [0.05, 0.1) is 6.04 Å². The van der Waals surface area contributed by atoms with Crippen molar-refractivity contribution in [2.24, 2.45) is 5.92 Å². The number of aromatic hydroxyl groups is 1. The molecule has 0 saturated carbocycles. The van der Waals surface area contributed by atoms with E-state index in [0.29, 0.717) is 24.2 Å². The maximum Gasteiger partial charge on any atom is 0.120 e. The van der Waals surface area contributed by atoms with Gasteiger partial charge in [-0.05, 0) is 42.2 Å². The van der Waals surface area contributed by atoms with Crippen LogP contribution in [-0.4, -0.2) is 11.7 Å². The van der Waals surface area contributed by atoms with Gasteiger partial charge in [0.25, 0.3) is 0 Å². The lowest BCUT2D eigenvalue weighted by Crippen LogP contribution is -2.29. The molecule has 3 atom stereocenters. The van der Waals surface area contributed by atoms with Gasteiger partial charge in [-0.2, -0.15) is 0 Å². The number of phenolic OH excluding ortho intramolecular Hbond substituents is 1. The maximum absolute atomic E-state index is 10.3. The number of phenols is 1. The summed E-state index contributed by atoms with van der Waals surface area (Å²) in [6, 6.07) is 13.9. The van der Waals surface area contributed by atoms with Crippen molar-refractivity contribution in [2.75, 3.05) is 11.9 Å². The van der Waals surface area contributed by atoms with Crippen LogP contribution in [0.2, 0.25) is 0 Å². The third-order valence-corrected chi connectivity index (χ3v) is 4.97. The second kappa shape index (κ2) is 6.08. The summed E-state index contributed by atoms with van der Waals surface area (Å²) in [4.78, 5) is 0. The fraction of sp³-hybridized carbons (Fsp3) is 0.238. The number of benzene rings is 2. The number of ether oxygens (including phenoxy) is 1. The zero-order valence-electron chi connectivity index (χ0n) is 13.5. The summed E-state index contributed by atoms with van der Waals surface area (Å²) < 4.78 is 5.69. The first kappa shape index (κ1) is 14.9. The molecule has 3 nitrogen and oxygen atoms in total. The summed E-state index contributed by atoms with van der Waals surface area (Å²) in [5.74, 6) is 1.98. The van der Waals surface area contributed by atoms with Crippen LogP contribution in [0.5, 0.6) is 11.5 Å². The molecule has 0 spiro atoms. The highest BCUT2D eigenvalue weighted by Crippen LogP contribution is 2.51. The molecule has 4 rings (SSSR count). The molecule has 0 amide bonds. The van der Waals surface area contributed by atoms with E-state index >= 15 is 0 Å². The molecule has 3 heteroatoms. The lowest BCUT2D eigenvalue weighted by atomic mass is 9.77. The number of nitrogens with one attached hydrogen (secondary N) is 1. The summed E-state index contributed by atoms with van der Waals surface area (Å²) in [6.07, 6.45) is 7.29. The zero-order chi connectivity index (χ0) is 16.5. The zero-order valence-corrected chi connectivity index (χ0v) is 13.5. The molecule has 2 aromatic carbocycles. The molecule has 0 fully saturated rings. The van der Waals surface area contributed by atoms with Gasteiger partial charge in [0, 0.05) is 17.2 Å². The third kappa shape index (κ3) is 2.46. The topological polar surface area (TPSA) is 41.5 Å². The molecule has 2 aromatic rings. The van der Waals surface area contributed by atoms with Gasteiger partial charge in [-0.1, -0.05) is 43.0 Å². The van der Waals surface area contributed by atoms with Gasteiger partial charge in [-0.15, -0.1) is 0 Å². The molecule has 2 N–H and O–H groups in total.